The number of hydrogen-bond donors (Lipinski definition) is 1. The largest absolute Gasteiger partial charge is 0.370 e. The zero-order chi connectivity index (χ0) is 8.97. The number of hydrogen-bond acceptors (Lipinski definition) is 1. The summed E-state index contributed by atoms with van der Waals surface area (Å²) in [7, 11) is 0. The minimum Gasteiger partial charge on any atom is -0.370 e. The maximum Gasteiger partial charge on any atom is 0.219 e. The molecule has 1 aromatic rings. The fourth-order valence-electron chi connectivity index (χ4n) is 0.956. The van der Waals surface area contributed by atoms with Crippen LogP contribution in [-0.4, -0.2) is 5.91 Å². The molecule has 1 unspecified atom stereocenters. The van der Waals surface area contributed by atoms with E-state index in [4.69, 9.17) is 17.3 Å². The van der Waals surface area contributed by atoms with Gasteiger partial charge in [0.05, 0.1) is 5.38 Å². The van der Waals surface area contributed by atoms with E-state index in [1.807, 2.05) is 30.3 Å². The first-order valence-corrected chi connectivity index (χ1v) is 4.11. The van der Waals surface area contributed by atoms with Crippen LogP contribution >= 0.6 is 11.6 Å². The van der Waals surface area contributed by atoms with Gasteiger partial charge in [-0.3, -0.25) is 4.79 Å². The van der Waals surface area contributed by atoms with Crippen LogP contribution in [0.15, 0.2) is 30.3 Å². The molecule has 0 saturated carbocycles. The summed E-state index contributed by atoms with van der Waals surface area (Å²) in [5, 5.41) is -0.302. The number of rotatable bonds is 3. The molecule has 12 heavy (non-hydrogen) atoms. The molecule has 1 rings (SSSR count). The lowest BCUT2D eigenvalue weighted by molar-refractivity contribution is -0.118. The summed E-state index contributed by atoms with van der Waals surface area (Å²) < 4.78 is 0. The van der Waals surface area contributed by atoms with Crippen LogP contribution in [0.2, 0.25) is 0 Å². The van der Waals surface area contributed by atoms with E-state index < -0.39 is 0 Å². The Morgan fingerprint density at radius 1 is 1.42 bits per heavy atom. The predicted molar refractivity (Wildman–Crippen MR) is 48.8 cm³/mol. The van der Waals surface area contributed by atoms with E-state index in [1.165, 1.54) is 0 Å². The highest BCUT2D eigenvalue weighted by Crippen LogP contribution is 2.22. The molecule has 1 amide bonds. The standard InChI is InChI=1S/C9H10ClNO/c10-8(6-9(11)12)7-4-2-1-3-5-7/h1-5,8H,6H2,(H2,11,12). The third-order valence-corrected chi connectivity index (χ3v) is 1.95. The van der Waals surface area contributed by atoms with Crippen LogP contribution in [0.4, 0.5) is 0 Å². The van der Waals surface area contributed by atoms with Gasteiger partial charge in [0.2, 0.25) is 5.91 Å². The number of amides is 1. The van der Waals surface area contributed by atoms with Gasteiger partial charge >= 0.3 is 0 Å². The number of halogens is 1. The van der Waals surface area contributed by atoms with Crippen molar-refractivity contribution in [1.82, 2.24) is 0 Å². The van der Waals surface area contributed by atoms with E-state index in [0.29, 0.717) is 0 Å². The van der Waals surface area contributed by atoms with Crippen molar-refractivity contribution in [3.8, 4) is 0 Å². The molecule has 64 valence electrons. The van der Waals surface area contributed by atoms with Crippen molar-refractivity contribution in [3.63, 3.8) is 0 Å². The highest BCUT2D eigenvalue weighted by atomic mass is 35.5. The monoisotopic (exact) mass is 183 g/mol. The molecule has 0 fully saturated rings. The Hall–Kier alpha value is -1.02. The highest BCUT2D eigenvalue weighted by molar-refractivity contribution is 6.21. The molecule has 0 radical (unpaired) electrons. The second-order valence-electron chi connectivity index (χ2n) is 2.55. The van der Waals surface area contributed by atoms with E-state index in [0.717, 1.165) is 5.56 Å². The quantitative estimate of drug-likeness (QED) is 0.714. The minimum atomic E-state index is -0.376. The molecule has 1 aromatic carbocycles. The first-order chi connectivity index (χ1) is 5.70. The second-order valence-corrected chi connectivity index (χ2v) is 3.08. The first-order valence-electron chi connectivity index (χ1n) is 3.67. The normalized spacial score (nSPS) is 12.4. The Kier molecular flexibility index (Phi) is 3.11. The van der Waals surface area contributed by atoms with E-state index in [9.17, 15) is 4.79 Å². The van der Waals surface area contributed by atoms with Crippen molar-refractivity contribution in [2.75, 3.05) is 0 Å². The van der Waals surface area contributed by atoms with E-state index in [-0.39, 0.29) is 17.7 Å². The topological polar surface area (TPSA) is 43.1 Å². The summed E-state index contributed by atoms with van der Waals surface area (Å²) in [6.45, 7) is 0. The summed E-state index contributed by atoms with van der Waals surface area (Å²) in [6, 6.07) is 9.41. The Balaban J connectivity index is 2.65. The van der Waals surface area contributed by atoms with Gasteiger partial charge in [0, 0.05) is 6.42 Å². The fraction of sp³-hybridized carbons (Fsp3) is 0.222. The van der Waals surface area contributed by atoms with E-state index >= 15 is 0 Å². The van der Waals surface area contributed by atoms with Crippen LogP contribution in [0.5, 0.6) is 0 Å². The van der Waals surface area contributed by atoms with Gasteiger partial charge in [-0.05, 0) is 5.56 Å². The maximum absolute atomic E-state index is 10.5. The van der Waals surface area contributed by atoms with Crippen molar-refractivity contribution in [1.29, 1.82) is 0 Å². The molecule has 2 N–H and O–H groups in total. The average Bonchev–Trinajstić information content (AvgIpc) is 2.05. The van der Waals surface area contributed by atoms with E-state index in [2.05, 4.69) is 0 Å². The number of primary amides is 1. The molecular weight excluding hydrogens is 174 g/mol. The van der Waals surface area contributed by atoms with Gasteiger partial charge < -0.3 is 5.73 Å². The molecule has 0 saturated heterocycles. The maximum atomic E-state index is 10.5. The summed E-state index contributed by atoms with van der Waals surface area (Å²) in [6.07, 6.45) is 0.186. The molecule has 0 spiro atoms. The average molecular weight is 184 g/mol. The number of alkyl halides is 1. The van der Waals surface area contributed by atoms with Crippen LogP contribution in [0.3, 0.4) is 0 Å². The lowest BCUT2D eigenvalue weighted by Gasteiger charge is -2.05. The third-order valence-electron chi connectivity index (χ3n) is 1.54. The molecule has 2 nitrogen and oxygen atoms in total. The van der Waals surface area contributed by atoms with E-state index in [1.54, 1.807) is 0 Å². The summed E-state index contributed by atoms with van der Waals surface area (Å²) in [5.41, 5.74) is 5.94. The lowest BCUT2D eigenvalue weighted by atomic mass is 10.1. The molecule has 0 bridgehead atoms. The molecule has 0 aliphatic heterocycles. The molecule has 0 aliphatic carbocycles. The highest BCUT2D eigenvalue weighted by Gasteiger charge is 2.09. The van der Waals surface area contributed by atoms with Crippen molar-refractivity contribution >= 4 is 17.5 Å². The van der Waals surface area contributed by atoms with Gasteiger partial charge in [0.25, 0.3) is 0 Å². The molecule has 1 atom stereocenters. The van der Waals surface area contributed by atoms with Crippen molar-refractivity contribution in [2.24, 2.45) is 5.73 Å². The second kappa shape index (κ2) is 4.12. The summed E-state index contributed by atoms with van der Waals surface area (Å²) >= 11 is 5.90. The molecule has 0 aromatic heterocycles. The molecule has 0 aliphatic rings. The van der Waals surface area contributed by atoms with Crippen molar-refractivity contribution in [3.05, 3.63) is 35.9 Å². The van der Waals surface area contributed by atoms with Crippen molar-refractivity contribution in [2.45, 2.75) is 11.8 Å². The number of nitrogens with two attached hydrogens (primary N) is 1. The van der Waals surface area contributed by atoms with Crippen LogP contribution < -0.4 is 5.73 Å². The Morgan fingerprint density at radius 2 is 2.00 bits per heavy atom. The lowest BCUT2D eigenvalue weighted by Crippen LogP contribution is -2.12. The summed E-state index contributed by atoms with van der Waals surface area (Å²) in [5.74, 6) is -0.376. The Bertz CT molecular complexity index is 260. The number of benzene rings is 1. The molecular formula is C9H10ClNO. The Labute approximate surface area is 76.3 Å². The van der Waals surface area contributed by atoms with Gasteiger partial charge in [-0.25, -0.2) is 0 Å². The Morgan fingerprint density at radius 3 is 2.50 bits per heavy atom. The smallest absolute Gasteiger partial charge is 0.219 e. The number of carbonyl (C=O) groups is 1. The SMILES string of the molecule is NC(=O)CC(Cl)c1ccccc1. The predicted octanol–water partition coefficient (Wildman–Crippen LogP) is 1.84. The van der Waals surface area contributed by atoms with Crippen LogP contribution in [0.25, 0.3) is 0 Å². The van der Waals surface area contributed by atoms with Gasteiger partial charge in [-0.2, -0.15) is 0 Å². The molecule has 3 heteroatoms. The van der Waals surface area contributed by atoms with Crippen molar-refractivity contribution < 1.29 is 4.79 Å². The summed E-state index contributed by atoms with van der Waals surface area (Å²) in [4.78, 5) is 10.5. The first kappa shape index (κ1) is 9.07. The third kappa shape index (κ3) is 2.55. The zero-order valence-electron chi connectivity index (χ0n) is 6.53. The fourth-order valence-corrected chi connectivity index (χ4v) is 1.25. The molecule has 0 heterocycles. The van der Waals surface area contributed by atoms with Crippen LogP contribution in [0, 0.1) is 0 Å². The van der Waals surface area contributed by atoms with Gasteiger partial charge in [0.15, 0.2) is 0 Å². The van der Waals surface area contributed by atoms with Crippen LogP contribution in [0.1, 0.15) is 17.4 Å². The zero-order valence-corrected chi connectivity index (χ0v) is 7.29. The van der Waals surface area contributed by atoms with Gasteiger partial charge in [-0.15, -0.1) is 11.6 Å². The van der Waals surface area contributed by atoms with Crippen LogP contribution in [-0.2, 0) is 4.79 Å². The minimum absolute atomic E-state index is 0.186. The van der Waals surface area contributed by atoms with Gasteiger partial charge in [0.1, 0.15) is 0 Å². The number of carbonyl (C=O) groups excluding carboxylic acids is 1. The van der Waals surface area contributed by atoms with Gasteiger partial charge in [-0.1, -0.05) is 30.3 Å².